The summed E-state index contributed by atoms with van der Waals surface area (Å²) < 4.78 is 5.06. The average Bonchev–Trinajstić information content (AvgIpc) is 2.88. The number of hydroxylamine groups is 1. The Labute approximate surface area is 203 Å². The Balaban J connectivity index is 1.59. The molecule has 0 aromatic heterocycles. The maximum atomic E-state index is 12.9. The van der Waals surface area contributed by atoms with Crippen LogP contribution < -0.4 is 10.8 Å². The molecular weight excluding hydrogens is 456 g/mol. The van der Waals surface area contributed by atoms with Crippen LogP contribution in [0.3, 0.4) is 0 Å². The lowest BCUT2D eigenvalue weighted by molar-refractivity contribution is -0.254. The second-order valence-electron chi connectivity index (χ2n) is 8.65. The molecule has 10 heteroatoms. The first kappa shape index (κ1) is 26.7. The summed E-state index contributed by atoms with van der Waals surface area (Å²) in [7, 11) is 0. The minimum atomic E-state index is -1.66. The van der Waals surface area contributed by atoms with Crippen molar-refractivity contribution in [1.29, 1.82) is 0 Å². The number of ether oxygens (including phenoxy) is 1. The molecule has 3 rings (SSSR count). The van der Waals surface area contributed by atoms with E-state index in [9.17, 15) is 30.0 Å². The monoisotopic (exact) mass is 488 g/mol. The third-order valence-electron chi connectivity index (χ3n) is 6.22. The maximum absolute atomic E-state index is 12.9. The van der Waals surface area contributed by atoms with Gasteiger partial charge in [-0.1, -0.05) is 54.6 Å². The number of nitrogens with one attached hydrogen (secondary N) is 2. The van der Waals surface area contributed by atoms with Crippen LogP contribution in [0.25, 0.3) is 11.1 Å². The largest absolute Gasteiger partial charge is 0.394 e. The standard InChI is InChI=1S/C25H32N2O8/c28-14-19-22(30)23(31)21(25(33)35-19)26-24(32)18(13-20(29)27-34)8-4-5-15-9-11-17(12-10-15)16-6-2-1-3-7-16/h1-3,6-7,9-12,18-19,21-23,25,28,30-31,33-34H,4-5,8,13-14H2,(H,26,32)(H,27,29). The Morgan fingerprint density at radius 2 is 1.60 bits per heavy atom. The van der Waals surface area contributed by atoms with E-state index in [2.05, 4.69) is 5.32 Å². The van der Waals surface area contributed by atoms with Gasteiger partial charge in [0.15, 0.2) is 6.29 Å². The SMILES string of the molecule is O=C(CC(CCCc1ccc(-c2ccccc2)cc1)C(=O)NC1C(O)OC(CO)C(O)C1O)NO. The number of aryl methyl sites for hydroxylation is 1. The van der Waals surface area contributed by atoms with E-state index in [0.717, 1.165) is 16.7 Å². The van der Waals surface area contributed by atoms with Crippen LogP contribution in [-0.2, 0) is 20.7 Å². The average molecular weight is 489 g/mol. The Hall–Kier alpha value is -2.86. The molecule has 1 aliphatic rings. The molecule has 1 fully saturated rings. The summed E-state index contributed by atoms with van der Waals surface area (Å²) in [6, 6.07) is 16.6. The number of rotatable bonds is 10. The van der Waals surface area contributed by atoms with Gasteiger partial charge < -0.3 is 30.5 Å². The smallest absolute Gasteiger partial charge is 0.244 e. The molecule has 0 aliphatic carbocycles. The van der Waals surface area contributed by atoms with Gasteiger partial charge in [0.2, 0.25) is 11.8 Å². The van der Waals surface area contributed by atoms with Crippen LogP contribution in [0.2, 0.25) is 0 Å². The van der Waals surface area contributed by atoms with E-state index in [4.69, 9.17) is 9.94 Å². The fourth-order valence-corrected chi connectivity index (χ4v) is 4.18. The molecule has 1 aliphatic heterocycles. The van der Waals surface area contributed by atoms with Gasteiger partial charge in [0.25, 0.3) is 0 Å². The number of amides is 2. The molecule has 0 bridgehead atoms. The highest BCUT2D eigenvalue weighted by Crippen LogP contribution is 2.23. The van der Waals surface area contributed by atoms with E-state index in [1.54, 1.807) is 0 Å². The summed E-state index contributed by atoms with van der Waals surface area (Å²) >= 11 is 0. The molecule has 0 spiro atoms. The van der Waals surface area contributed by atoms with Crippen molar-refractivity contribution in [1.82, 2.24) is 10.8 Å². The summed E-state index contributed by atoms with van der Waals surface area (Å²) in [6.07, 6.45) is -4.78. The number of carbonyl (C=O) groups is 2. The molecule has 2 aromatic rings. The molecule has 190 valence electrons. The zero-order valence-electron chi connectivity index (χ0n) is 19.2. The lowest BCUT2D eigenvalue weighted by atomic mass is 9.92. The van der Waals surface area contributed by atoms with E-state index in [-0.39, 0.29) is 6.42 Å². The highest BCUT2D eigenvalue weighted by atomic mass is 16.6. The summed E-state index contributed by atoms with van der Waals surface area (Å²) in [5, 5.41) is 50.9. The van der Waals surface area contributed by atoms with Crippen LogP contribution in [0.1, 0.15) is 24.8 Å². The molecule has 1 saturated heterocycles. The van der Waals surface area contributed by atoms with Crippen molar-refractivity contribution < 1.29 is 40.0 Å². The quantitative estimate of drug-likeness (QED) is 0.183. The molecule has 7 N–H and O–H groups in total. The van der Waals surface area contributed by atoms with Crippen LogP contribution in [-0.4, -0.2) is 74.7 Å². The molecule has 1 heterocycles. The van der Waals surface area contributed by atoms with Crippen molar-refractivity contribution in [3.8, 4) is 11.1 Å². The Kier molecular flexibility index (Phi) is 9.73. The fourth-order valence-electron chi connectivity index (χ4n) is 4.18. The highest BCUT2D eigenvalue weighted by Gasteiger charge is 2.44. The molecule has 0 saturated carbocycles. The van der Waals surface area contributed by atoms with Gasteiger partial charge in [-0.3, -0.25) is 14.8 Å². The molecule has 2 aromatic carbocycles. The summed E-state index contributed by atoms with van der Waals surface area (Å²) in [4.78, 5) is 24.6. The number of hydrogen-bond acceptors (Lipinski definition) is 8. The second-order valence-corrected chi connectivity index (χ2v) is 8.65. The predicted octanol–water partition coefficient (Wildman–Crippen LogP) is 0.104. The van der Waals surface area contributed by atoms with Crippen molar-refractivity contribution in [2.75, 3.05) is 6.61 Å². The number of hydrogen-bond donors (Lipinski definition) is 7. The van der Waals surface area contributed by atoms with E-state index in [1.165, 1.54) is 5.48 Å². The summed E-state index contributed by atoms with van der Waals surface area (Å²) in [5.41, 5.74) is 4.76. The van der Waals surface area contributed by atoms with E-state index < -0.39 is 55.0 Å². The zero-order chi connectivity index (χ0) is 25.4. The molecule has 6 unspecified atom stereocenters. The predicted molar refractivity (Wildman–Crippen MR) is 125 cm³/mol. The van der Waals surface area contributed by atoms with Crippen molar-refractivity contribution >= 4 is 11.8 Å². The Morgan fingerprint density at radius 3 is 2.23 bits per heavy atom. The van der Waals surface area contributed by atoms with Crippen LogP contribution in [0.15, 0.2) is 54.6 Å². The summed E-state index contributed by atoms with van der Waals surface area (Å²) in [5.74, 6) is -2.26. The van der Waals surface area contributed by atoms with E-state index in [1.807, 2.05) is 54.6 Å². The first-order valence-corrected chi connectivity index (χ1v) is 11.5. The van der Waals surface area contributed by atoms with Gasteiger partial charge in [0.05, 0.1) is 6.61 Å². The lowest BCUT2D eigenvalue weighted by Gasteiger charge is -2.40. The first-order chi connectivity index (χ1) is 16.8. The number of carbonyl (C=O) groups excluding carboxylic acids is 2. The molecule has 0 radical (unpaired) electrons. The zero-order valence-corrected chi connectivity index (χ0v) is 19.2. The van der Waals surface area contributed by atoms with E-state index >= 15 is 0 Å². The molecule has 6 atom stereocenters. The third-order valence-corrected chi connectivity index (χ3v) is 6.22. The van der Waals surface area contributed by atoms with Crippen LogP contribution >= 0.6 is 0 Å². The topological polar surface area (TPSA) is 169 Å². The molecule has 2 amide bonds. The van der Waals surface area contributed by atoms with Gasteiger partial charge in [0, 0.05) is 12.3 Å². The highest BCUT2D eigenvalue weighted by molar-refractivity contribution is 5.85. The van der Waals surface area contributed by atoms with Gasteiger partial charge in [-0.25, -0.2) is 5.48 Å². The van der Waals surface area contributed by atoms with Crippen molar-refractivity contribution in [2.24, 2.45) is 5.92 Å². The molecule has 10 nitrogen and oxygen atoms in total. The molecule has 35 heavy (non-hydrogen) atoms. The van der Waals surface area contributed by atoms with Crippen LogP contribution in [0.5, 0.6) is 0 Å². The molecular formula is C25H32N2O8. The number of aliphatic hydroxyl groups is 4. The lowest BCUT2D eigenvalue weighted by Crippen LogP contribution is -2.64. The van der Waals surface area contributed by atoms with Gasteiger partial charge >= 0.3 is 0 Å². The van der Waals surface area contributed by atoms with Gasteiger partial charge in [-0.15, -0.1) is 0 Å². The van der Waals surface area contributed by atoms with Crippen molar-refractivity contribution in [2.45, 2.75) is 56.3 Å². The van der Waals surface area contributed by atoms with Gasteiger partial charge in [-0.2, -0.15) is 0 Å². The van der Waals surface area contributed by atoms with Gasteiger partial charge in [0.1, 0.15) is 24.4 Å². The van der Waals surface area contributed by atoms with Crippen LogP contribution in [0, 0.1) is 5.92 Å². The van der Waals surface area contributed by atoms with Crippen LogP contribution in [0.4, 0.5) is 0 Å². The number of benzene rings is 2. The van der Waals surface area contributed by atoms with E-state index in [0.29, 0.717) is 19.3 Å². The maximum Gasteiger partial charge on any atom is 0.244 e. The van der Waals surface area contributed by atoms with Crippen molar-refractivity contribution in [3.63, 3.8) is 0 Å². The minimum Gasteiger partial charge on any atom is -0.394 e. The number of aliphatic hydroxyl groups excluding tert-OH is 4. The fraction of sp³-hybridized carbons (Fsp3) is 0.440. The normalized spacial score (nSPS) is 25.0. The summed E-state index contributed by atoms with van der Waals surface area (Å²) in [6.45, 7) is -0.623. The first-order valence-electron chi connectivity index (χ1n) is 11.5. The Bertz CT molecular complexity index is 956. The van der Waals surface area contributed by atoms with Crippen molar-refractivity contribution in [3.05, 3.63) is 60.2 Å². The Morgan fingerprint density at radius 1 is 0.943 bits per heavy atom. The minimum absolute atomic E-state index is 0.293. The van der Waals surface area contributed by atoms with Gasteiger partial charge in [-0.05, 0) is 36.0 Å². The second kappa shape index (κ2) is 12.7. The third kappa shape index (κ3) is 7.07.